The average molecular weight is 431 g/mol. The van der Waals surface area contributed by atoms with E-state index in [4.69, 9.17) is 10.5 Å². The maximum absolute atomic E-state index is 11.8. The largest absolute Gasteiger partial charge is 0.457 e. The van der Waals surface area contributed by atoms with Crippen LogP contribution in [0.5, 0.6) is 11.5 Å². The lowest BCUT2D eigenvalue weighted by atomic mass is 10.2. The molecule has 0 atom stereocenters. The van der Waals surface area contributed by atoms with Gasteiger partial charge in [-0.1, -0.05) is 17.7 Å². The monoisotopic (exact) mass is 431 g/mol. The molecule has 0 saturated carbocycles. The van der Waals surface area contributed by atoms with Crippen LogP contribution in [0.3, 0.4) is 0 Å². The second-order valence-electron chi connectivity index (χ2n) is 7.49. The van der Waals surface area contributed by atoms with Gasteiger partial charge in [0.2, 0.25) is 11.8 Å². The Kier molecular flexibility index (Phi) is 5.91. The van der Waals surface area contributed by atoms with Gasteiger partial charge in [0, 0.05) is 12.1 Å². The molecular weight excluding hydrogens is 410 g/mol. The number of aromatic nitrogens is 2. The van der Waals surface area contributed by atoms with Crippen molar-refractivity contribution in [2.45, 2.75) is 13.5 Å². The Morgan fingerprint density at radius 2 is 1.59 bits per heavy atom. The molecule has 3 N–H and O–H groups in total. The van der Waals surface area contributed by atoms with E-state index in [1.807, 2.05) is 31.2 Å². The molecule has 2 heterocycles. The van der Waals surface area contributed by atoms with E-state index in [1.54, 1.807) is 29.2 Å². The van der Waals surface area contributed by atoms with Crippen molar-refractivity contribution in [3.05, 3.63) is 71.5 Å². The quantitative estimate of drug-likeness (QED) is 0.570. The third-order valence-electron chi connectivity index (χ3n) is 4.80. The normalized spacial score (nSPS) is 14.2. The molecule has 32 heavy (non-hydrogen) atoms. The van der Waals surface area contributed by atoms with E-state index in [0.717, 1.165) is 11.3 Å². The fourth-order valence-corrected chi connectivity index (χ4v) is 3.29. The van der Waals surface area contributed by atoms with Gasteiger partial charge in [0.25, 0.3) is 5.91 Å². The van der Waals surface area contributed by atoms with Crippen LogP contribution in [-0.2, 0) is 16.1 Å². The number of carbonyl (C=O) groups is 3. The third-order valence-corrected chi connectivity index (χ3v) is 4.80. The highest BCUT2D eigenvalue weighted by molar-refractivity contribution is 5.99. The first-order valence-corrected chi connectivity index (χ1v) is 9.93. The highest BCUT2D eigenvalue weighted by Gasteiger charge is 2.23. The molecule has 3 amide bonds. The summed E-state index contributed by atoms with van der Waals surface area (Å²) >= 11 is 0. The molecule has 1 aliphatic rings. The van der Waals surface area contributed by atoms with Crippen molar-refractivity contribution >= 4 is 17.7 Å². The first-order valence-electron chi connectivity index (χ1n) is 9.93. The maximum Gasteiger partial charge on any atom is 0.267 e. The van der Waals surface area contributed by atoms with Crippen molar-refractivity contribution in [3.63, 3.8) is 0 Å². The third kappa shape index (κ3) is 5.13. The van der Waals surface area contributed by atoms with E-state index in [2.05, 4.69) is 15.3 Å². The zero-order chi connectivity index (χ0) is 22.7. The average Bonchev–Trinajstić information content (AvgIpc) is 2.75. The summed E-state index contributed by atoms with van der Waals surface area (Å²) in [5, 5.41) is 2.25. The van der Waals surface area contributed by atoms with Gasteiger partial charge in [-0.2, -0.15) is 0 Å². The lowest BCUT2D eigenvalue weighted by Crippen LogP contribution is -2.51. The second kappa shape index (κ2) is 8.94. The molecule has 0 unspecified atom stereocenters. The molecule has 0 aliphatic carbocycles. The van der Waals surface area contributed by atoms with Crippen molar-refractivity contribution in [2.24, 2.45) is 5.73 Å². The Morgan fingerprint density at radius 3 is 2.19 bits per heavy atom. The van der Waals surface area contributed by atoms with Crippen molar-refractivity contribution < 1.29 is 19.1 Å². The van der Waals surface area contributed by atoms with Crippen LogP contribution in [-0.4, -0.2) is 45.7 Å². The minimum absolute atomic E-state index is 0.0535. The van der Waals surface area contributed by atoms with E-state index in [1.165, 1.54) is 6.07 Å². The van der Waals surface area contributed by atoms with Crippen LogP contribution in [0.25, 0.3) is 11.4 Å². The fourth-order valence-electron chi connectivity index (χ4n) is 3.29. The van der Waals surface area contributed by atoms with Crippen LogP contribution in [0, 0.1) is 6.92 Å². The minimum Gasteiger partial charge on any atom is -0.457 e. The molecule has 4 rings (SSSR count). The number of piperazine rings is 1. The number of primary amides is 1. The van der Waals surface area contributed by atoms with E-state index >= 15 is 0 Å². The minimum atomic E-state index is -0.693. The zero-order valence-corrected chi connectivity index (χ0v) is 17.4. The van der Waals surface area contributed by atoms with Crippen molar-refractivity contribution in [1.82, 2.24) is 20.2 Å². The molecule has 1 saturated heterocycles. The van der Waals surface area contributed by atoms with Gasteiger partial charge < -0.3 is 10.5 Å². The molecule has 162 valence electrons. The Bertz CT molecular complexity index is 1160. The summed E-state index contributed by atoms with van der Waals surface area (Å²) in [6.07, 6.45) is 0. The lowest BCUT2D eigenvalue weighted by molar-refractivity contribution is -0.136. The summed E-state index contributed by atoms with van der Waals surface area (Å²) in [7, 11) is 0. The highest BCUT2D eigenvalue weighted by atomic mass is 16.5. The standard InChI is InChI=1S/C23H21N5O4/c1-14-2-6-17(7-3-14)32-18-8-4-15(5-9-18)23-25-16(10-19(26-23)22(24)31)11-28-12-20(29)27-21(30)13-28/h2-10H,11-13H2,1H3,(H2,24,31)(H,27,29,30). The number of benzene rings is 2. The molecule has 1 fully saturated rings. The highest BCUT2D eigenvalue weighted by Crippen LogP contribution is 2.25. The molecule has 0 bridgehead atoms. The number of nitrogens with zero attached hydrogens (tertiary/aromatic N) is 3. The predicted molar refractivity (Wildman–Crippen MR) is 116 cm³/mol. The molecule has 1 aliphatic heterocycles. The summed E-state index contributed by atoms with van der Waals surface area (Å²) in [4.78, 5) is 45.4. The number of aryl methyl sites for hydroxylation is 1. The van der Waals surface area contributed by atoms with Gasteiger partial charge in [-0.25, -0.2) is 9.97 Å². The Hall–Kier alpha value is -4.11. The van der Waals surface area contributed by atoms with Crippen LogP contribution < -0.4 is 15.8 Å². The van der Waals surface area contributed by atoms with E-state index in [9.17, 15) is 14.4 Å². The van der Waals surface area contributed by atoms with E-state index in [0.29, 0.717) is 22.8 Å². The number of nitrogens with one attached hydrogen (secondary N) is 1. The molecule has 0 spiro atoms. The van der Waals surface area contributed by atoms with Crippen molar-refractivity contribution in [2.75, 3.05) is 13.1 Å². The number of hydrogen-bond donors (Lipinski definition) is 2. The number of amides is 3. The lowest BCUT2D eigenvalue weighted by Gasteiger charge is -2.24. The number of imide groups is 1. The number of rotatable bonds is 6. The molecule has 3 aromatic rings. The van der Waals surface area contributed by atoms with Crippen LogP contribution in [0.2, 0.25) is 0 Å². The van der Waals surface area contributed by atoms with Crippen LogP contribution in [0.4, 0.5) is 0 Å². The summed E-state index contributed by atoms with van der Waals surface area (Å²) < 4.78 is 5.84. The molecule has 0 radical (unpaired) electrons. The van der Waals surface area contributed by atoms with E-state index in [-0.39, 0.29) is 37.1 Å². The Balaban J connectivity index is 1.56. The predicted octanol–water partition coefficient (Wildman–Crippen LogP) is 1.80. The van der Waals surface area contributed by atoms with Crippen LogP contribution >= 0.6 is 0 Å². The topological polar surface area (TPSA) is 128 Å². The smallest absolute Gasteiger partial charge is 0.267 e. The molecule has 9 nitrogen and oxygen atoms in total. The van der Waals surface area contributed by atoms with Gasteiger partial charge in [-0.15, -0.1) is 0 Å². The maximum atomic E-state index is 11.8. The van der Waals surface area contributed by atoms with E-state index < -0.39 is 5.91 Å². The molecule has 1 aromatic heterocycles. The zero-order valence-electron chi connectivity index (χ0n) is 17.4. The SMILES string of the molecule is Cc1ccc(Oc2ccc(-c3nc(CN4CC(=O)NC(=O)C4)cc(C(N)=O)n3)cc2)cc1. The summed E-state index contributed by atoms with van der Waals surface area (Å²) in [5.74, 6) is 0.219. The molecule has 2 aromatic carbocycles. The summed E-state index contributed by atoms with van der Waals surface area (Å²) in [6, 6.07) is 16.3. The number of ether oxygens (including phenoxy) is 1. The van der Waals surface area contributed by atoms with Gasteiger partial charge in [0.05, 0.1) is 18.8 Å². The summed E-state index contributed by atoms with van der Waals surface area (Å²) in [5.41, 5.74) is 7.79. The van der Waals surface area contributed by atoms with Gasteiger partial charge in [-0.3, -0.25) is 24.6 Å². The van der Waals surface area contributed by atoms with Crippen LogP contribution in [0.1, 0.15) is 21.7 Å². The Morgan fingerprint density at radius 1 is 1.00 bits per heavy atom. The van der Waals surface area contributed by atoms with Gasteiger partial charge in [0.15, 0.2) is 5.82 Å². The first-order chi connectivity index (χ1) is 15.4. The second-order valence-corrected chi connectivity index (χ2v) is 7.49. The number of nitrogens with two attached hydrogens (primary N) is 1. The molecular formula is C23H21N5O4. The first kappa shape index (κ1) is 21.1. The van der Waals surface area contributed by atoms with Crippen molar-refractivity contribution in [3.8, 4) is 22.9 Å². The number of carbonyl (C=O) groups excluding carboxylic acids is 3. The number of hydrogen-bond acceptors (Lipinski definition) is 7. The fraction of sp³-hybridized carbons (Fsp3) is 0.174. The molecule has 9 heteroatoms. The van der Waals surface area contributed by atoms with Gasteiger partial charge >= 0.3 is 0 Å². The summed E-state index contributed by atoms with van der Waals surface area (Å²) in [6.45, 7) is 2.32. The van der Waals surface area contributed by atoms with Crippen LogP contribution in [0.15, 0.2) is 54.6 Å². The Labute approximate surface area is 184 Å². The van der Waals surface area contributed by atoms with Gasteiger partial charge in [-0.05, 0) is 49.4 Å². The van der Waals surface area contributed by atoms with Gasteiger partial charge in [0.1, 0.15) is 17.2 Å². The van der Waals surface area contributed by atoms with Crippen molar-refractivity contribution in [1.29, 1.82) is 0 Å².